The van der Waals surface area contributed by atoms with E-state index in [2.05, 4.69) is 10.6 Å². The number of amides is 2. The summed E-state index contributed by atoms with van der Waals surface area (Å²) in [7, 11) is 0. The summed E-state index contributed by atoms with van der Waals surface area (Å²) in [4.78, 5) is 12.0. The van der Waals surface area contributed by atoms with Gasteiger partial charge >= 0.3 is 6.03 Å². The molecule has 1 atom stereocenters. The number of carbonyl (C=O) groups is 1. The lowest BCUT2D eigenvalue weighted by Gasteiger charge is -2.17. The van der Waals surface area contributed by atoms with Crippen LogP contribution in [-0.4, -0.2) is 24.0 Å². The highest BCUT2D eigenvalue weighted by Gasteiger charge is 2.11. The van der Waals surface area contributed by atoms with Gasteiger partial charge in [0, 0.05) is 0 Å². The van der Waals surface area contributed by atoms with E-state index in [9.17, 15) is 9.90 Å². The third-order valence-electron chi connectivity index (χ3n) is 2.92. The van der Waals surface area contributed by atoms with Crippen LogP contribution >= 0.6 is 0 Å². The van der Waals surface area contributed by atoms with Gasteiger partial charge in [0.25, 0.3) is 0 Å². The van der Waals surface area contributed by atoms with Crippen molar-refractivity contribution in [2.45, 2.75) is 20.1 Å². The van der Waals surface area contributed by atoms with E-state index >= 15 is 0 Å². The summed E-state index contributed by atoms with van der Waals surface area (Å²) in [6.45, 7) is 4.10. The molecule has 23 heavy (non-hydrogen) atoms. The molecule has 2 aromatic carbocycles. The third kappa shape index (κ3) is 5.10. The Balaban J connectivity index is 1.90. The Morgan fingerprint density at radius 2 is 1.87 bits per heavy atom. The van der Waals surface area contributed by atoms with Crippen LogP contribution in [0.5, 0.6) is 17.2 Å². The van der Waals surface area contributed by atoms with E-state index in [1.54, 1.807) is 31.2 Å². The standard InChI is InChI=1S/C17H20N2O4/c1-3-22-16-7-5-4-6-15(16)19-17(21)18-12(2)23-14-10-8-13(20)9-11-14/h4-12,20H,3H2,1-2H3,(H2,18,19,21). The molecular formula is C17H20N2O4. The van der Waals surface area contributed by atoms with E-state index < -0.39 is 12.3 Å². The molecule has 3 N–H and O–H groups in total. The molecule has 6 heteroatoms. The highest BCUT2D eigenvalue weighted by atomic mass is 16.5. The first-order valence-electron chi connectivity index (χ1n) is 7.33. The number of benzene rings is 2. The van der Waals surface area contributed by atoms with Crippen molar-refractivity contribution in [1.82, 2.24) is 5.32 Å². The van der Waals surface area contributed by atoms with Crippen LogP contribution in [0.15, 0.2) is 48.5 Å². The molecule has 6 nitrogen and oxygen atoms in total. The summed E-state index contributed by atoms with van der Waals surface area (Å²) in [6.07, 6.45) is -0.543. The second kappa shape index (κ2) is 7.93. The number of carbonyl (C=O) groups excluding carboxylic acids is 1. The summed E-state index contributed by atoms with van der Waals surface area (Å²) < 4.78 is 11.0. The molecule has 0 radical (unpaired) electrons. The van der Waals surface area contributed by atoms with E-state index in [4.69, 9.17) is 9.47 Å². The molecule has 0 aliphatic rings. The van der Waals surface area contributed by atoms with Gasteiger partial charge in [-0.25, -0.2) is 4.79 Å². The number of hydrogen-bond donors (Lipinski definition) is 3. The molecule has 1 unspecified atom stereocenters. The van der Waals surface area contributed by atoms with E-state index in [0.717, 1.165) is 0 Å². The van der Waals surface area contributed by atoms with E-state index in [1.165, 1.54) is 12.1 Å². The Morgan fingerprint density at radius 3 is 2.57 bits per heavy atom. The van der Waals surface area contributed by atoms with Gasteiger partial charge in [-0.15, -0.1) is 0 Å². The van der Waals surface area contributed by atoms with E-state index in [-0.39, 0.29) is 5.75 Å². The molecule has 0 bridgehead atoms. The van der Waals surface area contributed by atoms with Crippen molar-refractivity contribution in [3.05, 3.63) is 48.5 Å². The van der Waals surface area contributed by atoms with Crippen molar-refractivity contribution in [1.29, 1.82) is 0 Å². The third-order valence-corrected chi connectivity index (χ3v) is 2.92. The number of para-hydroxylation sites is 2. The average Bonchev–Trinajstić information content (AvgIpc) is 2.51. The number of phenols is 1. The van der Waals surface area contributed by atoms with Crippen LogP contribution in [0.2, 0.25) is 0 Å². The summed E-state index contributed by atoms with van der Waals surface area (Å²) in [5.74, 6) is 1.31. The fourth-order valence-electron chi connectivity index (χ4n) is 1.95. The molecule has 0 heterocycles. The van der Waals surface area contributed by atoms with Gasteiger partial charge in [-0.3, -0.25) is 0 Å². The molecular weight excluding hydrogens is 296 g/mol. The highest BCUT2D eigenvalue weighted by Crippen LogP contribution is 2.23. The van der Waals surface area contributed by atoms with Crippen LogP contribution in [0.25, 0.3) is 0 Å². The van der Waals surface area contributed by atoms with Crippen LogP contribution in [0.3, 0.4) is 0 Å². The van der Waals surface area contributed by atoms with Gasteiger partial charge in [-0.2, -0.15) is 0 Å². The first kappa shape index (κ1) is 16.5. The Bertz CT molecular complexity index is 643. The van der Waals surface area contributed by atoms with Gasteiger partial charge in [0.1, 0.15) is 17.2 Å². The molecule has 0 fully saturated rings. The number of aromatic hydroxyl groups is 1. The molecule has 2 rings (SSSR count). The Hall–Kier alpha value is -2.89. The van der Waals surface area contributed by atoms with Crippen molar-refractivity contribution < 1.29 is 19.4 Å². The zero-order chi connectivity index (χ0) is 16.7. The monoisotopic (exact) mass is 316 g/mol. The summed E-state index contributed by atoms with van der Waals surface area (Å²) in [5.41, 5.74) is 0.587. The summed E-state index contributed by atoms with van der Waals surface area (Å²) in [5, 5.41) is 14.6. The molecule has 0 saturated carbocycles. The minimum absolute atomic E-state index is 0.156. The van der Waals surface area contributed by atoms with Crippen LogP contribution in [0, 0.1) is 0 Å². The minimum Gasteiger partial charge on any atom is -0.508 e. The second-order valence-electron chi connectivity index (χ2n) is 4.78. The number of phenolic OH excluding ortho intramolecular Hbond substituents is 1. The van der Waals surface area contributed by atoms with Gasteiger partial charge in [-0.1, -0.05) is 12.1 Å². The Labute approximate surface area is 135 Å². The maximum Gasteiger partial charge on any atom is 0.322 e. The fraction of sp³-hybridized carbons (Fsp3) is 0.235. The molecule has 2 amide bonds. The van der Waals surface area contributed by atoms with Crippen LogP contribution < -0.4 is 20.1 Å². The van der Waals surface area contributed by atoms with Gasteiger partial charge < -0.3 is 25.2 Å². The lowest BCUT2D eigenvalue weighted by atomic mass is 10.3. The molecule has 0 spiro atoms. The zero-order valence-electron chi connectivity index (χ0n) is 13.1. The zero-order valence-corrected chi connectivity index (χ0v) is 13.1. The maximum absolute atomic E-state index is 12.0. The highest BCUT2D eigenvalue weighted by molar-refractivity contribution is 5.91. The largest absolute Gasteiger partial charge is 0.508 e. The first-order valence-corrected chi connectivity index (χ1v) is 7.33. The second-order valence-corrected chi connectivity index (χ2v) is 4.78. The normalized spacial score (nSPS) is 11.4. The topological polar surface area (TPSA) is 79.8 Å². The van der Waals surface area contributed by atoms with Gasteiger partial charge in [-0.05, 0) is 50.2 Å². The van der Waals surface area contributed by atoms with Crippen molar-refractivity contribution in [3.63, 3.8) is 0 Å². The molecule has 0 aliphatic carbocycles. The number of ether oxygens (including phenoxy) is 2. The molecule has 2 aromatic rings. The van der Waals surface area contributed by atoms with Gasteiger partial charge in [0.15, 0.2) is 6.23 Å². The smallest absolute Gasteiger partial charge is 0.322 e. The number of anilines is 1. The van der Waals surface area contributed by atoms with Gasteiger partial charge in [0.2, 0.25) is 0 Å². The SMILES string of the molecule is CCOc1ccccc1NC(=O)NC(C)Oc1ccc(O)cc1. The first-order chi connectivity index (χ1) is 11.1. The molecule has 122 valence electrons. The maximum atomic E-state index is 12.0. The summed E-state index contributed by atoms with van der Waals surface area (Å²) in [6, 6.07) is 13.1. The van der Waals surface area contributed by atoms with Crippen LogP contribution in [0.1, 0.15) is 13.8 Å². The fourth-order valence-corrected chi connectivity index (χ4v) is 1.95. The molecule has 0 aromatic heterocycles. The van der Waals surface area contributed by atoms with Crippen LogP contribution in [0.4, 0.5) is 10.5 Å². The number of hydrogen-bond acceptors (Lipinski definition) is 4. The van der Waals surface area contributed by atoms with E-state index in [0.29, 0.717) is 23.8 Å². The minimum atomic E-state index is -0.543. The van der Waals surface area contributed by atoms with Crippen molar-refractivity contribution >= 4 is 11.7 Å². The van der Waals surface area contributed by atoms with Crippen molar-refractivity contribution in [2.75, 3.05) is 11.9 Å². The lowest BCUT2D eigenvalue weighted by molar-refractivity contribution is 0.183. The predicted molar refractivity (Wildman–Crippen MR) is 88.0 cm³/mol. The summed E-state index contributed by atoms with van der Waals surface area (Å²) >= 11 is 0. The van der Waals surface area contributed by atoms with Gasteiger partial charge in [0.05, 0.1) is 12.3 Å². The van der Waals surface area contributed by atoms with E-state index in [1.807, 2.05) is 19.1 Å². The number of urea groups is 1. The molecule has 0 aliphatic heterocycles. The number of rotatable bonds is 6. The average molecular weight is 316 g/mol. The Morgan fingerprint density at radius 1 is 1.17 bits per heavy atom. The molecule has 0 saturated heterocycles. The van der Waals surface area contributed by atoms with Crippen molar-refractivity contribution in [3.8, 4) is 17.2 Å². The predicted octanol–water partition coefficient (Wildman–Crippen LogP) is 3.34. The quantitative estimate of drug-likeness (QED) is 0.714. The lowest BCUT2D eigenvalue weighted by Crippen LogP contribution is -2.39. The Kier molecular flexibility index (Phi) is 5.68. The van der Waals surface area contributed by atoms with Crippen LogP contribution in [-0.2, 0) is 0 Å². The van der Waals surface area contributed by atoms with Crippen molar-refractivity contribution in [2.24, 2.45) is 0 Å². The number of nitrogens with one attached hydrogen (secondary N) is 2.